The Morgan fingerprint density at radius 2 is 2.14 bits per heavy atom. The molecule has 0 aromatic carbocycles. The minimum absolute atomic E-state index is 0.0841. The van der Waals surface area contributed by atoms with E-state index in [1.807, 2.05) is 0 Å². The number of H-pyrrole nitrogens is 1. The molecule has 0 saturated carbocycles. The number of anilines is 1. The van der Waals surface area contributed by atoms with Crippen LogP contribution in [0.4, 0.5) is 5.69 Å². The van der Waals surface area contributed by atoms with E-state index < -0.39 is 0 Å². The third-order valence-corrected chi connectivity index (χ3v) is 2.29. The lowest BCUT2D eigenvalue weighted by molar-refractivity contribution is 0.0956. The summed E-state index contributed by atoms with van der Waals surface area (Å²) in [4.78, 5) is 25.3. The van der Waals surface area contributed by atoms with Crippen molar-refractivity contribution < 1.29 is 4.79 Å². The standard InChI is InChI=1S/C9H11N3O2/c10-6-4-5-7(12-9(6)14)2-1-3-11-8(5)13/h4H,1-3,10H2,(H,11,13)(H,12,14). The van der Waals surface area contributed by atoms with E-state index in [4.69, 9.17) is 5.73 Å². The predicted octanol–water partition coefficient (Wildman–Crippen LogP) is -0.367. The van der Waals surface area contributed by atoms with Gasteiger partial charge in [-0.25, -0.2) is 0 Å². The number of nitrogen functional groups attached to an aromatic ring is 1. The van der Waals surface area contributed by atoms with Gasteiger partial charge in [0.15, 0.2) is 0 Å². The highest BCUT2D eigenvalue weighted by Gasteiger charge is 2.16. The van der Waals surface area contributed by atoms with Crippen LogP contribution in [0, 0.1) is 0 Å². The molecule has 1 amide bonds. The van der Waals surface area contributed by atoms with Gasteiger partial charge in [-0.15, -0.1) is 0 Å². The zero-order valence-electron chi connectivity index (χ0n) is 7.59. The molecule has 0 unspecified atom stereocenters. The van der Waals surface area contributed by atoms with E-state index in [2.05, 4.69) is 10.3 Å². The summed E-state index contributed by atoms with van der Waals surface area (Å²) in [7, 11) is 0. The van der Waals surface area contributed by atoms with E-state index in [1.54, 1.807) is 0 Å². The molecule has 0 bridgehead atoms. The van der Waals surface area contributed by atoms with Crippen molar-refractivity contribution in [3.63, 3.8) is 0 Å². The van der Waals surface area contributed by atoms with E-state index >= 15 is 0 Å². The van der Waals surface area contributed by atoms with Crippen molar-refractivity contribution >= 4 is 11.6 Å². The number of aromatic amines is 1. The first kappa shape index (κ1) is 8.80. The maximum atomic E-state index is 11.5. The first-order valence-corrected chi connectivity index (χ1v) is 4.48. The Bertz CT molecular complexity index is 436. The second-order valence-electron chi connectivity index (χ2n) is 3.31. The summed E-state index contributed by atoms with van der Waals surface area (Å²) in [5.74, 6) is -0.166. The van der Waals surface area contributed by atoms with Crippen molar-refractivity contribution in [1.82, 2.24) is 10.3 Å². The summed E-state index contributed by atoms with van der Waals surface area (Å²) < 4.78 is 0. The molecule has 1 aliphatic heterocycles. The quantitative estimate of drug-likeness (QED) is 0.525. The van der Waals surface area contributed by atoms with Crippen LogP contribution in [-0.2, 0) is 6.42 Å². The fraction of sp³-hybridized carbons (Fsp3) is 0.333. The molecule has 2 rings (SSSR count). The van der Waals surface area contributed by atoms with E-state index in [9.17, 15) is 9.59 Å². The predicted molar refractivity (Wildman–Crippen MR) is 52.1 cm³/mol. The molecule has 2 heterocycles. The normalized spacial score (nSPS) is 15.6. The lowest BCUT2D eigenvalue weighted by Gasteiger charge is -2.04. The summed E-state index contributed by atoms with van der Waals surface area (Å²) in [6.45, 7) is 0.634. The highest BCUT2D eigenvalue weighted by molar-refractivity contribution is 5.96. The Morgan fingerprint density at radius 3 is 2.93 bits per heavy atom. The minimum atomic E-state index is -0.321. The van der Waals surface area contributed by atoms with Crippen molar-refractivity contribution in [3.05, 3.63) is 27.7 Å². The van der Waals surface area contributed by atoms with Gasteiger partial charge in [-0.3, -0.25) is 9.59 Å². The van der Waals surface area contributed by atoms with Crippen LogP contribution in [0.1, 0.15) is 22.5 Å². The molecule has 1 aromatic heterocycles. The molecule has 0 saturated heterocycles. The molecule has 74 valence electrons. The van der Waals surface area contributed by atoms with Crippen molar-refractivity contribution in [2.24, 2.45) is 0 Å². The third kappa shape index (κ3) is 1.37. The zero-order valence-corrected chi connectivity index (χ0v) is 7.59. The van der Waals surface area contributed by atoms with Crippen LogP contribution in [0.15, 0.2) is 10.9 Å². The molecule has 14 heavy (non-hydrogen) atoms. The number of nitrogens with two attached hydrogens (primary N) is 1. The Labute approximate surface area is 80.3 Å². The Balaban J connectivity index is 2.60. The lowest BCUT2D eigenvalue weighted by atomic mass is 10.1. The van der Waals surface area contributed by atoms with Crippen LogP contribution in [0.25, 0.3) is 0 Å². The van der Waals surface area contributed by atoms with Crippen molar-refractivity contribution in [3.8, 4) is 0 Å². The fourth-order valence-electron chi connectivity index (χ4n) is 1.55. The van der Waals surface area contributed by atoms with E-state index in [0.29, 0.717) is 24.2 Å². The number of aryl methyl sites for hydroxylation is 1. The molecule has 5 heteroatoms. The van der Waals surface area contributed by atoms with E-state index in [-0.39, 0.29) is 17.2 Å². The summed E-state index contributed by atoms with van der Waals surface area (Å²) >= 11 is 0. The van der Waals surface area contributed by atoms with Gasteiger partial charge >= 0.3 is 0 Å². The number of rotatable bonds is 0. The van der Waals surface area contributed by atoms with E-state index in [1.165, 1.54) is 6.07 Å². The molecule has 0 aliphatic carbocycles. The number of pyridine rings is 1. The van der Waals surface area contributed by atoms with Crippen LogP contribution < -0.4 is 16.6 Å². The molecule has 1 aliphatic rings. The number of fused-ring (bicyclic) bond motifs is 1. The van der Waals surface area contributed by atoms with Gasteiger partial charge in [0, 0.05) is 12.2 Å². The van der Waals surface area contributed by atoms with Crippen molar-refractivity contribution in [2.45, 2.75) is 12.8 Å². The molecule has 4 N–H and O–H groups in total. The maximum absolute atomic E-state index is 11.5. The molecule has 5 nitrogen and oxygen atoms in total. The lowest BCUT2D eigenvalue weighted by Crippen LogP contribution is -2.24. The largest absolute Gasteiger partial charge is 0.394 e. The molecule has 0 fully saturated rings. The second-order valence-corrected chi connectivity index (χ2v) is 3.31. The molecule has 0 radical (unpaired) electrons. The zero-order chi connectivity index (χ0) is 10.1. The SMILES string of the molecule is Nc1cc2c([nH]c1=O)CCCNC2=O. The van der Waals surface area contributed by atoms with Crippen molar-refractivity contribution in [2.75, 3.05) is 12.3 Å². The number of aromatic nitrogens is 1. The Morgan fingerprint density at radius 1 is 1.36 bits per heavy atom. The third-order valence-electron chi connectivity index (χ3n) is 2.29. The van der Waals surface area contributed by atoms with Gasteiger partial charge in [-0.2, -0.15) is 0 Å². The van der Waals surface area contributed by atoms with Crippen LogP contribution in [0.5, 0.6) is 0 Å². The van der Waals surface area contributed by atoms with Crippen LogP contribution in [-0.4, -0.2) is 17.4 Å². The van der Waals surface area contributed by atoms with E-state index in [0.717, 1.165) is 6.42 Å². The highest BCUT2D eigenvalue weighted by atomic mass is 16.2. The number of hydrogen-bond acceptors (Lipinski definition) is 3. The van der Waals surface area contributed by atoms with Gasteiger partial charge in [0.05, 0.1) is 11.3 Å². The van der Waals surface area contributed by atoms with Gasteiger partial charge < -0.3 is 16.0 Å². The van der Waals surface area contributed by atoms with Gasteiger partial charge in [-0.05, 0) is 18.9 Å². The number of amides is 1. The first-order valence-electron chi connectivity index (χ1n) is 4.48. The van der Waals surface area contributed by atoms with Crippen molar-refractivity contribution in [1.29, 1.82) is 0 Å². The molecular formula is C9H11N3O2. The van der Waals surface area contributed by atoms with Crippen LogP contribution >= 0.6 is 0 Å². The monoisotopic (exact) mass is 193 g/mol. The highest BCUT2D eigenvalue weighted by Crippen LogP contribution is 2.11. The van der Waals surface area contributed by atoms with Crippen LogP contribution in [0.2, 0.25) is 0 Å². The summed E-state index contributed by atoms with van der Waals surface area (Å²) in [5.41, 5.74) is 6.36. The number of hydrogen-bond donors (Lipinski definition) is 3. The summed E-state index contributed by atoms with van der Waals surface area (Å²) in [6, 6.07) is 1.44. The summed E-state index contributed by atoms with van der Waals surface area (Å²) in [5, 5.41) is 2.73. The average molecular weight is 193 g/mol. The Hall–Kier alpha value is -1.78. The van der Waals surface area contributed by atoms with Gasteiger partial charge in [0.1, 0.15) is 0 Å². The molecule has 0 spiro atoms. The molecule has 0 atom stereocenters. The van der Waals surface area contributed by atoms with Gasteiger partial charge in [0.2, 0.25) is 0 Å². The molecular weight excluding hydrogens is 182 g/mol. The Kier molecular flexibility index (Phi) is 1.99. The number of carbonyl (C=O) groups is 1. The van der Waals surface area contributed by atoms with Gasteiger partial charge in [0.25, 0.3) is 11.5 Å². The number of nitrogens with one attached hydrogen (secondary N) is 2. The number of carbonyl (C=O) groups excluding carboxylic acids is 1. The fourth-order valence-corrected chi connectivity index (χ4v) is 1.55. The minimum Gasteiger partial charge on any atom is -0.394 e. The smallest absolute Gasteiger partial charge is 0.271 e. The average Bonchev–Trinajstić information content (AvgIpc) is 2.31. The van der Waals surface area contributed by atoms with Gasteiger partial charge in [-0.1, -0.05) is 0 Å². The maximum Gasteiger partial charge on any atom is 0.271 e. The summed E-state index contributed by atoms with van der Waals surface area (Å²) in [6.07, 6.45) is 1.53. The van der Waals surface area contributed by atoms with Crippen LogP contribution in [0.3, 0.4) is 0 Å². The second kappa shape index (κ2) is 3.17. The topological polar surface area (TPSA) is 88.0 Å². The first-order chi connectivity index (χ1) is 6.68. The molecule has 1 aromatic rings.